The number of anilines is 3. The Morgan fingerprint density at radius 3 is 1.94 bits per heavy atom. The van der Waals surface area contributed by atoms with Crippen molar-refractivity contribution in [2.45, 2.75) is 6.04 Å². The number of benzene rings is 2. The van der Waals surface area contributed by atoms with Gasteiger partial charge in [-0.15, -0.1) is 6.58 Å². The second kappa shape index (κ2) is 10.4. The molecule has 0 spiro atoms. The highest BCUT2D eigenvalue weighted by Crippen LogP contribution is 2.30. The Bertz CT molecular complexity index is 1020. The van der Waals surface area contributed by atoms with E-state index in [0.29, 0.717) is 37.5 Å². The van der Waals surface area contributed by atoms with Gasteiger partial charge in [-0.2, -0.15) is 15.0 Å². The Morgan fingerprint density at radius 1 is 0.879 bits per heavy atom. The minimum Gasteiger partial charge on any atom is -0.357 e. The summed E-state index contributed by atoms with van der Waals surface area (Å²) in [5.41, 5.74) is 1.93. The van der Waals surface area contributed by atoms with Crippen molar-refractivity contribution in [3.05, 3.63) is 83.9 Å². The van der Waals surface area contributed by atoms with Crippen molar-refractivity contribution in [1.29, 1.82) is 0 Å². The zero-order valence-corrected chi connectivity index (χ0v) is 18.5. The van der Waals surface area contributed by atoms with Crippen LogP contribution in [-0.4, -0.2) is 59.6 Å². The molecule has 0 bridgehead atoms. The molecule has 0 atom stereocenters. The van der Waals surface area contributed by atoms with Crippen LogP contribution in [-0.2, 0) is 0 Å². The van der Waals surface area contributed by atoms with Crippen molar-refractivity contribution >= 4 is 17.8 Å². The molecular formula is C24H27F2N7. The van der Waals surface area contributed by atoms with Crippen molar-refractivity contribution in [3.8, 4) is 0 Å². The Hall–Kier alpha value is -3.59. The number of piperazine rings is 1. The van der Waals surface area contributed by atoms with E-state index in [-0.39, 0.29) is 17.7 Å². The maximum Gasteiger partial charge on any atom is 0.232 e. The Labute approximate surface area is 192 Å². The first-order valence-electron chi connectivity index (χ1n) is 10.9. The molecule has 2 heterocycles. The number of hydrogen-bond acceptors (Lipinski definition) is 7. The molecule has 3 aromatic rings. The molecule has 1 aliphatic rings. The fraction of sp³-hybridized carbons (Fsp3) is 0.292. The van der Waals surface area contributed by atoms with Gasteiger partial charge in [0.1, 0.15) is 11.6 Å². The molecule has 1 fully saturated rings. The molecule has 0 amide bonds. The normalized spacial score (nSPS) is 14.4. The second-order valence-corrected chi connectivity index (χ2v) is 7.73. The first-order chi connectivity index (χ1) is 16.1. The van der Waals surface area contributed by atoms with Crippen molar-refractivity contribution in [3.63, 3.8) is 0 Å². The van der Waals surface area contributed by atoms with Gasteiger partial charge in [0.2, 0.25) is 17.8 Å². The fourth-order valence-corrected chi connectivity index (χ4v) is 3.94. The van der Waals surface area contributed by atoms with Gasteiger partial charge in [-0.05, 0) is 35.4 Å². The van der Waals surface area contributed by atoms with E-state index in [4.69, 9.17) is 0 Å². The topological polar surface area (TPSA) is 69.2 Å². The highest BCUT2D eigenvalue weighted by atomic mass is 19.1. The summed E-state index contributed by atoms with van der Waals surface area (Å²) in [6.07, 6.45) is 1.74. The summed E-state index contributed by atoms with van der Waals surface area (Å²) >= 11 is 0. The smallest absolute Gasteiger partial charge is 0.232 e. The van der Waals surface area contributed by atoms with Crippen LogP contribution in [0.1, 0.15) is 17.2 Å². The van der Waals surface area contributed by atoms with Crippen molar-refractivity contribution < 1.29 is 8.78 Å². The molecule has 33 heavy (non-hydrogen) atoms. The lowest BCUT2D eigenvalue weighted by molar-refractivity contribution is 0.211. The summed E-state index contributed by atoms with van der Waals surface area (Å²) in [5.74, 6) is 1.02. The molecule has 1 saturated heterocycles. The van der Waals surface area contributed by atoms with E-state index in [2.05, 4.69) is 42.0 Å². The standard InChI is InChI=1S/C24H27F2N7/c1-3-12-28-23-29-22(27-2)30-24(31-23)33-15-13-32(14-16-33)21(17-4-8-19(25)9-5-17)18-6-10-20(26)11-7-18/h3-11,21H,1,12-16H2,2H3,(H2,27,28,29,30,31). The molecule has 7 nitrogen and oxygen atoms in total. The van der Waals surface area contributed by atoms with Gasteiger partial charge in [0, 0.05) is 39.8 Å². The van der Waals surface area contributed by atoms with E-state index < -0.39 is 0 Å². The van der Waals surface area contributed by atoms with E-state index >= 15 is 0 Å². The molecule has 9 heteroatoms. The number of aromatic nitrogens is 3. The number of rotatable bonds is 8. The van der Waals surface area contributed by atoms with Gasteiger partial charge in [-0.1, -0.05) is 30.3 Å². The third-order valence-corrected chi connectivity index (χ3v) is 5.59. The van der Waals surface area contributed by atoms with E-state index in [1.807, 2.05) is 0 Å². The van der Waals surface area contributed by atoms with Crippen LogP contribution in [0.15, 0.2) is 61.2 Å². The molecule has 0 unspecified atom stereocenters. The largest absolute Gasteiger partial charge is 0.357 e. The zero-order chi connectivity index (χ0) is 23.2. The lowest BCUT2D eigenvalue weighted by Gasteiger charge is -2.39. The molecule has 1 aromatic heterocycles. The molecule has 2 N–H and O–H groups in total. The van der Waals surface area contributed by atoms with Crippen molar-refractivity contribution in [2.24, 2.45) is 0 Å². The van der Waals surface area contributed by atoms with E-state index in [9.17, 15) is 8.78 Å². The van der Waals surface area contributed by atoms with Crippen LogP contribution in [0.3, 0.4) is 0 Å². The highest BCUT2D eigenvalue weighted by molar-refractivity contribution is 5.44. The first-order valence-corrected chi connectivity index (χ1v) is 10.9. The lowest BCUT2D eigenvalue weighted by Crippen LogP contribution is -2.48. The number of nitrogens with one attached hydrogen (secondary N) is 2. The molecule has 0 radical (unpaired) electrons. The van der Waals surface area contributed by atoms with E-state index in [1.54, 1.807) is 37.4 Å². The van der Waals surface area contributed by atoms with Gasteiger partial charge in [0.25, 0.3) is 0 Å². The van der Waals surface area contributed by atoms with Crippen LogP contribution < -0.4 is 15.5 Å². The minimum atomic E-state index is -0.280. The first kappa shape index (κ1) is 22.6. The third kappa shape index (κ3) is 5.43. The van der Waals surface area contributed by atoms with Crippen LogP contribution in [0.4, 0.5) is 26.6 Å². The van der Waals surface area contributed by atoms with Crippen LogP contribution in [0.25, 0.3) is 0 Å². The average Bonchev–Trinajstić information content (AvgIpc) is 2.85. The second-order valence-electron chi connectivity index (χ2n) is 7.73. The van der Waals surface area contributed by atoms with E-state index in [0.717, 1.165) is 24.2 Å². The maximum atomic E-state index is 13.6. The van der Waals surface area contributed by atoms with Crippen molar-refractivity contribution in [1.82, 2.24) is 19.9 Å². The van der Waals surface area contributed by atoms with Gasteiger partial charge in [0.05, 0.1) is 6.04 Å². The van der Waals surface area contributed by atoms with Gasteiger partial charge in [-0.3, -0.25) is 4.90 Å². The molecule has 172 valence electrons. The van der Waals surface area contributed by atoms with Crippen LogP contribution in [0.5, 0.6) is 0 Å². The Kier molecular flexibility index (Phi) is 7.09. The predicted molar refractivity (Wildman–Crippen MR) is 126 cm³/mol. The van der Waals surface area contributed by atoms with Crippen molar-refractivity contribution in [2.75, 3.05) is 55.3 Å². The summed E-state index contributed by atoms with van der Waals surface area (Å²) in [6.45, 7) is 7.13. The van der Waals surface area contributed by atoms with E-state index in [1.165, 1.54) is 24.3 Å². The number of nitrogens with zero attached hydrogens (tertiary/aromatic N) is 5. The predicted octanol–water partition coefficient (Wildman–Crippen LogP) is 3.70. The molecule has 1 aliphatic heterocycles. The summed E-state index contributed by atoms with van der Waals surface area (Å²) in [5, 5.41) is 6.08. The summed E-state index contributed by atoms with van der Waals surface area (Å²) in [7, 11) is 1.77. The maximum absolute atomic E-state index is 13.6. The Balaban J connectivity index is 1.54. The van der Waals surface area contributed by atoms with Crippen LogP contribution in [0.2, 0.25) is 0 Å². The quantitative estimate of drug-likeness (QED) is 0.506. The van der Waals surface area contributed by atoms with Gasteiger partial charge in [0.15, 0.2) is 0 Å². The summed E-state index contributed by atoms with van der Waals surface area (Å²) in [6, 6.07) is 12.9. The lowest BCUT2D eigenvalue weighted by atomic mass is 9.96. The highest BCUT2D eigenvalue weighted by Gasteiger charge is 2.28. The fourth-order valence-electron chi connectivity index (χ4n) is 3.94. The molecule has 2 aromatic carbocycles. The van der Waals surface area contributed by atoms with Crippen LogP contribution in [0, 0.1) is 11.6 Å². The minimum absolute atomic E-state index is 0.107. The number of hydrogen-bond donors (Lipinski definition) is 2. The molecule has 4 rings (SSSR count). The average molecular weight is 452 g/mol. The molecule has 0 aliphatic carbocycles. The van der Waals surface area contributed by atoms with Gasteiger partial charge in [-0.25, -0.2) is 8.78 Å². The monoisotopic (exact) mass is 451 g/mol. The summed E-state index contributed by atoms with van der Waals surface area (Å²) < 4.78 is 27.1. The van der Waals surface area contributed by atoms with Gasteiger partial charge < -0.3 is 15.5 Å². The Morgan fingerprint density at radius 2 is 1.42 bits per heavy atom. The molecular weight excluding hydrogens is 424 g/mol. The number of halogens is 2. The zero-order valence-electron chi connectivity index (χ0n) is 18.5. The SMILES string of the molecule is C=CCNc1nc(NC)nc(N2CCN(C(c3ccc(F)cc3)c3ccc(F)cc3)CC2)n1. The third-order valence-electron chi connectivity index (χ3n) is 5.59. The molecule has 0 saturated carbocycles. The summed E-state index contributed by atoms with van der Waals surface area (Å²) in [4.78, 5) is 17.8. The van der Waals surface area contributed by atoms with Crippen LogP contribution >= 0.6 is 0 Å². The van der Waals surface area contributed by atoms with Gasteiger partial charge >= 0.3 is 0 Å².